The number of carbonyl (C=O) groups is 1. The lowest BCUT2D eigenvalue weighted by molar-refractivity contribution is -0.138. The Balaban J connectivity index is 4.04. The zero-order valence-corrected chi connectivity index (χ0v) is 7.58. The monoisotopic (exact) mass is 169 g/mol. The predicted octanol–water partition coefficient (Wildman–Crippen LogP) is 0.805. The van der Waals surface area contributed by atoms with Crippen LogP contribution in [0.1, 0.15) is 20.3 Å². The number of aliphatic carboxylic acids is 1. The van der Waals surface area contributed by atoms with Crippen LogP contribution in [0.2, 0.25) is 0 Å². The van der Waals surface area contributed by atoms with Gasteiger partial charge in [0, 0.05) is 6.04 Å². The van der Waals surface area contributed by atoms with E-state index in [9.17, 15) is 4.79 Å². The molecule has 3 heteroatoms. The molecule has 12 heavy (non-hydrogen) atoms. The topological polar surface area (TPSA) is 40.5 Å². The Bertz CT molecular complexity index is 183. The predicted molar refractivity (Wildman–Crippen MR) is 47.8 cm³/mol. The Kier molecular flexibility index (Phi) is 5.14. The van der Waals surface area contributed by atoms with Crippen molar-refractivity contribution in [1.82, 2.24) is 4.90 Å². The van der Waals surface area contributed by atoms with Crippen LogP contribution in [0.4, 0.5) is 0 Å². The first-order chi connectivity index (χ1) is 5.61. The number of hydrogen-bond donors (Lipinski definition) is 1. The van der Waals surface area contributed by atoms with Crippen molar-refractivity contribution in [3.8, 4) is 12.3 Å². The lowest BCUT2D eigenvalue weighted by atomic mass is 10.2. The van der Waals surface area contributed by atoms with Crippen molar-refractivity contribution in [2.24, 2.45) is 0 Å². The van der Waals surface area contributed by atoms with Crippen molar-refractivity contribution in [1.29, 1.82) is 0 Å². The Labute approximate surface area is 73.4 Å². The third-order valence-electron chi connectivity index (χ3n) is 1.85. The number of nitrogens with zero attached hydrogens (tertiary/aromatic N) is 1. The number of carboxylic acid groups (broad SMARTS) is 1. The molecule has 0 aliphatic carbocycles. The maximum absolute atomic E-state index is 10.4. The highest BCUT2D eigenvalue weighted by molar-refractivity contribution is 5.69. The second kappa shape index (κ2) is 5.62. The quantitative estimate of drug-likeness (QED) is 0.619. The highest BCUT2D eigenvalue weighted by Crippen LogP contribution is 2.01. The van der Waals surface area contributed by atoms with Gasteiger partial charge in [0.2, 0.25) is 0 Å². The van der Waals surface area contributed by atoms with Gasteiger partial charge in [0.1, 0.15) is 0 Å². The molecule has 0 heterocycles. The van der Waals surface area contributed by atoms with Crippen LogP contribution in [0.15, 0.2) is 0 Å². The molecule has 0 fully saturated rings. The SMILES string of the molecule is C#CCN(CC(=O)O)C(C)CC. The van der Waals surface area contributed by atoms with Crippen LogP contribution in [0.25, 0.3) is 0 Å². The lowest BCUT2D eigenvalue weighted by Gasteiger charge is -2.23. The zero-order valence-electron chi connectivity index (χ0n) is 7.58. The third kappa shape index (κ3) is 3.99. The van der Waals surface area contributed by atoms with Gasteiger partial charge in [-0.3, -0.25) is 9.69 Å². The maximum Gasteiger partial charge on any atom is 0.317 e. The van der Waals surface area contributed by atoms with Gasteiger partial charge in [-0.2, -0.15) is 0 Å². The Hall–Kier alpha value is -1.01. The van der Waals surface area contributed by atoms with Gasteiger partial charge in [-0.05, 0) is 13.3 Å². The molecule has 0 bridgehead atoms. The smallest absolute Gasteiger partial charge is 0.317 e. The fourth-order valence-corrected chi connectivity index (χ4v) is 0.917. The Morgan fingerprint density at radius 1 is 1.75 bits per heavy atom. The van der Waals surface area contributed by atoms with E-state index in [2.05, 4.69) is 5.92 Å². The Morgan fingerprint density at radius 2 is 2.33 bits per heavy atom. The number of rotatable bonds is 5. The standard InChI is InChI=1S/C9H15NO2/c1-4-6-10(7-9(11)12)8(3)5-2/h1,8H,5-7H2,2-3H3,(H,11,12). The van der Waals surface area contributed by atoms with E-state index in [1.54, 1.807) is 4.90 Å². The van der Waals surface area contributed by atoms with E-state index in [4.69, 9.17) is 11.5 Å². The maximum atomic E-state index is 10.4. The molecule has 0 radical (unpaired) electrons. The fourth-order valence-electron chi connectivity index (χ4n) is 0.917. The summed E-state index contributed by atoms with van der Waals surface area (Å²) in [6.07, 6.45) is 6.02. The summed E-state index contributed by atoms with van der Waals surface area (Å²) in [4.78, 5) is 12.2. The van der Waals surface area contributed by atoms with Crippen molar-refractivity contribution >= 4 is 5.97 Å². The number of terminal acetylenes is 1. The highest BCUT2D eigenvalue weighted by Gasteiger charge is 2.13. The molecule has 1 atom stereocenters. The van der Waals surface area contributed by atoms with Crippen LogP contribution < -0.4 is 0 Å². The summed E-state index contributed by atoms with van der Waals surface area (Å²) in [6.45, 7) is 4.41. The first-order valence-electron chi connectivity index (χ1n) is 4.01. The molecule has 0 saturated carbocycles. The molecule has 68 valence electrons. The second-order valence-electron chi connectivity index (χ2n) is 2.76. The van der Waals surface area contributed by atoms with Gasteiger partial charge in [-0.25, -0.2) is 0 Å². The molecular weight excluding hydrogens is 154 g/mol. The van der Waals surface area contributed by atoms with Crippen LogP contribution >= 0.6 is 0 Å². The van der Waals surface area contributed by atoms with E-state index in [0.29, 0.717) is 6.54 Å². The van der Waals surface area contributed by atoms with E-state index >= 15 is 0 Å². The lowest BCUT2D eigenvalue weighted by Crippen LogP contribution is -2.37. The van der Waals surface area contributed by atoms with E-state index < -0.39 is 5.97 Å². The molecule has 0 aromatic carbocycles. The minimum absolute atomic E-state index is 0.0270. The normalized spacial score (nSPS) is 12.5. The summed E-state index contributed by atoms with van der Waals surface area (Å²) >= 11 is 0. The average molecular weight is 169 g/mol. The van der Waals surface area contributed by atoms with Gasteiger partial charge in [0.15, 0.2) is 0 Å². The molecule has 0 aliphatic rings. The molecule has 0 aromatic rings. The largest absolute Gasteiger partial charge is 0.480 e. The second-order valence-corrected chi connectivity index (χ2v) is 2.76. The summed E-state index contributed by atoms with van der Waals surface area (Å²) in [5.41, 5.74) is 0. The zero-order chi connectivity index (χ0) is 9.56. The first kappa shape index (κ1) is 11.0. The summed E-state index contributed by atoms with van der Waals surface area (Å²) in [5.74, 6) is 1.62. The van der Waals surface area contributed by atoms with Gasteiger partial charge in [0.05, 0.1) is 13.1 Å². The van der Waals surface area contributed by atoms with Gasteiger partial charge in [-0.1, -0.05) is 12.8 Å². The van der Waals surface area contributed by atoms with Crippen LogP contribution in [0, 0.1) is 12.3 Å². The summed E-state index contributed by atoms with van der Waals surface area (Å²) in [6, 6.07) is 0.233. The third-order valence-corrected chi connectivity index (χ3v) is 1.85. The number of hydrogen-bond acceptors (Lipinski definition) is 2. The average Bonchev–Trinajstić information content (AvgIpc) is 2.01. The fraction of sp³-hybridized carbons (Fsp3) is 0.667. The van der Waals surface area contributed by atoms with Gasteiger partial charge < -0.3 is 5.11 Å². The van der Waals surface area contributed by atoms with Crippen LogP contribution in [-0.4, -0.2) is 35.1 Å². The summed E-state index contributed by atoms with van der Waals surface area (Å²) < 4.78 is 0. The van der Waals surface area contributed by atoms with Crippen LogP contribution in [0.3, 0.4) is 0 Å². The van der Waals surface area contributed by atoms with Crippen LogP contribution in [-0.2, 0) is 4.79 Å². The Morgan fingerprint density at radius 3 is 2.67 bits per heavy atom. The molecule has 0 rings (SSSR count). The minimum atomic E-state index is -0.828. The van der Waals surface area contributed by atoms with E-state index in [-0.39, 0.29) is 12.6 Å². The van der Waals surface area contributed by atoms with Crippen molar-refractivity contribution in [3.63, 3.8) is 0 Å². The molecular formula is C9H15NO2. The van der Waals surface area contributed by atoms with Crippen molar-refractivity contribution < 1.29 is 9.90 Å². The van der Waals surface area contributed by atoms with E-state index in [0.717, 1.165) is 6.42 Å². The molecule has 1 N–H and O–H groups in total. The summed E-state index contributed by atoms with van der Waals surface area (Å²) in [5, 5.41) is 8.54. The molecule has 0 saturated heterocycles. The van der Waals surface area contributed by atoms with Crippen molar-refractivity contribution in [2.75, 3.05) is 13.1 Å². The number of carboxylic acids is 1. The summed E-state index contributed by atoms with van der Waals surface area (Å²) in [7, 11) is 0. The van der Waals surface area contributed by atoms with Gasteiger partial charge in [0.25, 0.3) is 0 Å². The molecule has 0 spiro atoms. The highest BCUT2D eigenvalue weighted by atomic mass is 16.4. The van der Waals surface area contributed by atoms with Crippen molar-refractivity contribution in [3.05, 3.63) is 0 Å². The van der Waals surface area contributed by atoms with E-state index in [1.165, 1.54) is 0 Å². The van der Waals surface area contributed by atoms with Gasteiger partial charge in [-0.15, -0.1) is 6.42 Å². The first-order valence-corrected chi connectivity index (χ1v) is 4.01. The van der Waals surface area contributed by atoms with Gasteiger partial charge >= 0.3 is 5.97 Å². The molecule has 0 aromatic heterocycles. The van der Waals surface area contributed by atoms with Crippen molar-refractivity contribution in [2.45, 2.75) is 26.3 Å². The molecule has 0 amide bonds. The molecule has 3 nitrogen and oxygen atoms in total. The molecule has 1 unspecified atom stereocenters. The molecule has 0 aliphatic heterocycles. The minimum Gasteiger partial charge on any atom is -0.480 e. The van der Waals surface area contributed by atoms with E-state index in [1.807, 2.05) is 13.8 Å². The van der Waals surface area contributed by atoms with Crippen LogP contribution in [0.5, 0.6) is 0 Å².